The van der Waals surface area contributed by atoms with Gasteiger partial charge in [0.25, 0.3) is 0 Å². The van der Waals surface area contributed by atoms with Crippen LogP contribution in [0, 0.1) is 0 Å². The molecule has 0 saturated carbocycles. The Bertz CT molecular complexity index is 1410. The number of nitrogen functional groups attached to an aromatic ring is 1. The molecule has 0 aliphatic carbocycles. The molecule has 3 aromatic heterocycles. The van der Waals surface area contributed by atoms with Gasteiger partial charge in [-0.2, -0.15) is 0 Å². The summed E-state index contributed by atoms with van der Waals surface area (Å²) in [5.41, 5.74) is 11.5. The number of hydrogen-bond acceptors (Lipinski definition) is 4. The number of fused-ring (bicyclic) bond motifs is 4. The predicted molar refractivity (Wildman–Crippen MR) is 115 cm³/mol. The summed E-state index contributed by atoms with van der Waals surface area (Å²) in [6, 6.07) is 18.1. The molecule has 2 N–H and O–H groups in total. The number of para-hydroxylation sites is 1. The Morgan fingerprint density at radius 3 is 2.66 bits per heavy atom. The van der Waals surface area contributed by atoms with Gasteiger partial charge < -0.3 is 15.0 Å². The average molecular weight is 384 g/mol. The zero-order valence-electron chi connectivity index (χ0n) is 16.2. The first-order valence-electron chi connectivity index (χ1n) is 9.49. The Hall–Kier alpha value is -3.80. The number of benzene rings is 2. The van der Waals surface area contributed by atoms with Crippen molar-refractivity contribution in [1.29, 1.82) is 0 Å². The summed E-state index contributed by atoms with van der Waals surface area (Å²) in [7, 11) is 1.36. The van der Waals surface area contributed by atoms with Gasteiger partial charge in [-0.25, -0.2) is 9.78 Å². The van der Waals surface area contributed by atoms with E-state index in [0.717, 1.165) is 12.1 Å². The van der Waals surface area contributed by atoms with E-state index in [1.54, 1.807) is 22.7 Å². The molecule has 5 aromatic rings. The van der Waals surface area contributed by atoms with E-state index in [0.29, 0.717) is 22.7 Å². The topological polar surface area (TPSA) is 74.5 Å². The summed E-state index contributed by atoms with van der Waals surface area (Å²) in [6.45, 7) is 3.05. The van der Waals surface area contributed by atoms with Crippen LogP contribution < -0.4 is 5.73 Å². The number of carbonyl (C=O) groups excluding carboxylic acids is 1. The largest absolute Gasteiger partial charge is 0.465 e. The lowest BCUT2D eigenvalue weighted by molar-refractivity contribution is 0.0600. The van der Waals surface area contributed by atoms with Gasteiger partial charge in [-0.05, 0) is 37.3 Å². The van der Waals surface area contributed by atoms with Crippen LogP contribution in [0.5, 0.6) is 0 Å². The Morgan fingerprint density at radius 2 is 1.86 bits per heavy atom. The van der Waals surface area contributed by atoms with E-state index in [1.165, 1.54) is 28.9 Å². The van der Waals surface area contributed by atoms with Crippen molar-refractivity contribution in [3.63, 3.8) is 0 Å². The van der Waals surface area contributed by atoms with Crippen LogP contribution in [0.25, 0.3) is 38.7 Å². The van der Waals surface area contributed by atoms with Gasteiger partial charge >= 0.3 is 5.97 Å². The maximum Gasteiger partial charge on any atom is 0.338 e. The first kappa shape index (κ1) is 17.3. The van der Waals surface area contributed by atoms with E-state index in [9.17, 15) is 4.79 Å². The monoisotopic (exact) mass is 384 g/mol. The molecule has 5 rings (SSSR count). The van der Waals surface area contributed by atoms with Crippen molar-refractivity contribution >= 4 is 39.2 Å². The number of aromatic nitrogens is 3. The van der Waals surface area contributed by atoms with Gasteiger partial charge in [0, 0.05) is 40.1 Å². The molecule has 0 atom stereocenters. The third-order valence-electron chi connectivity index (χ3n) is 5.45. The van der Waals surface area contributed by atoms with E-state index in [1.807, 2.05) is 6.07 Å². The number of nitrogens with two attached hydrogens (primary N) is 1. The predicted octanol–water partition coefficient (Wildman–Crippen LogP) is 4.50. The van der Waals surface area contributed by atoms with Crippen LogP contribution in [-0.2, 0) is 11.3 Å². The fourth-order valence-electron chi connectivity index (χ4n) is 4.06. The number of nitrogens with zero attached hydrogens (tertiary/aromatic N) is 3. The minimum atomic E-state index is -0.399. The van der Waals surface area contributed by atoms with Crippen molar-refractivity contribution in [3.05, 3.63) is 66.4 Å². The summed E-state index contributed by atoms with van der Waals surface area (Å²) >= 11 is 0. The van der Waals surface area contributed by atoms with Crippen molar-refractivity contribution in [1.82, 2.24) is 14.0 Å². The Labute approximate surface area is 167 Å². The molecule has 0 saturated heterocycles. The number of carbonyl (C=O) groups is 1. The zero-order valence-corrected chi connectivity index (χ0v) is 16.2. The van der Waals surface area contributed by atoms with Gasteiger partial charge in [-0.1, -0.05) is 24.3 Å². The maximum absolute atomic E-state index is 11.8. The molecule has 3 heterocycles. The van der Waals surface area contributed by atoms with Crippen molar-refractivity contribution < 1.29 is 9.53 Å². The highest BCUT2D eigenvalue weighted by Crippen LogP contribution is 2.34. The first-order valence-corrected chi connectivity index (χ1v) is 9.49. The number of aryl methyl sites for hydroxylation is 1. The van der Waals surface area contributed by atoms with E-state index in [2.05, 4.69) is 47.9 Å². The normalized spacial score (nSPS) is 11.5. The zero-order chi connectivity index (χ0) is 20.1. The summed E-state index contributed by atoms with van der Waals surface area (Å²) in [4.78, 5) is 16.5. The highest BCUT2D eigenvalue weighted by molar-refractivity contribution is 6.09. The summed E-state index contributed by atoms with van der Waals surface area (Å²) in [5.74, 6) is 0.138. The van der Waals surface area contributed by atoms with E-state index < -0.39 is 5.97 Å². The molecular weight excluding hydrogens is 364 g/mol. The molecular formula is C23H20N4O2. The van der Waals surface area contributed by atoms with Crippen molar-refractivity contribution in [2.45, 2.75) is 13.5 Å². The first-order chi connectivity index (χ1) is 14.1. The second-order valence-corrected chi connectivity index (χ2v) is 6.97. The molecule has 0 aliphatic heterocycles. The van der Waals surface area contributed by atoms with Crippen molar-refractivity contribution in [2.75, 3.05) is 12.8 Å². The van der Waals surface area contributed by atoms with Crippen LogP contribution in [0.3, 0.4) is 0 Å². The van der Waals surface area contributed by atoms with Crippen LogP contribution in [0.2, 0.25) is 0 Å². The van der Waals surface area contributed by atoms with Gasteiger partial charge in [0.2, 0.25) is 0 Å². The van der Waals surface area contributed by atoms with Crippen molar-refractivity contribution in [3.8, 4) is 11.3 Å². The van der Waals surface area contributed by atoms with Gasteiger partial charge in [0.15, 0.2) is 0 Å². The van der Waals surface area contributed by atoms with Crippen molar-refractivity contribution in [2.24, 2.45) is 0 Å². The summed E-state index contributed by atoms with van der Waals surface area (Å²) < 4.78 is 8.89. The molecule has 6 heteroatoms. The lowest BCUT2D eigenvalue weighted by atomic mass is 10.1. The molecule has 0 amide bonds. The molecule has 0 aliphatic rings. The van der Waals surface area contributed by atoms with Gasteiger partial charge in [0.05, 0.1) is 12.7 Å². The third-order valence-corrected chi connectivity index (χ3v) is 5.45. The van der Waals surface area contributed by atoms with E-state index in [-0.39, 0.29) is 0 Å². The third kappa shape index (κ3) is 2.49. The minimum Gasteiger partial charge on any atom is -0.465 e. The number of methoxy groups -OCH3 is 1. The van der Waals surface area contributed by atoms with Gasteiger partial charge in [-0.3, -0.25) is 4.40 Å². The Kier molecular flexibility index (Phi) is 3.81. The summed E-state index contributed by atoms with van der Waals surface area (Å²) in [6.07, 6.45) is 1.74. The fraction of sp³-hybridized carbons (Fsp3) is 0.130. The van der Waals surface area contributed by atoms with Crippen LogP contribution >= 0.6 is 0 Å². The van der Waals surface area contributed by atoms with Crippen LogP contribution in [0.4, 0.5) is 5.82 Å². The second-order valence-electron chi connectivity index (χ2n) is 6.97. The molecule has 0 fully saturated rings. The standard InChI is InChI=1S/C23H20N4O2/c1-3-26-18-7-5-4-6-16(18)17-12-14(8-9-19(17)26)21-22(24)27-11-10-15(23(28)29-2)13-20(27)25-21/h4-13H,3,24H2,1-2H3. The maximum atomic E-state index is 11.8. The number of ether oxygens (including phenoxy) is 1. The van der Waals surface area contributed by atoms with Crippen LogP contribution in [0.1, 0.15) is 17.3 Å². The molecule has 144 valence electrons. The SMILES string of the molecule is CCn1c2ccccc2c2cc(-c3nc4cc(C(=O)OC)ccn4c3N)ccc21. The molecule has 29 heavy (non-hydrogen) atoms. The molecule has 0 unspecified atom stereocenters. The number of hydrogen-bond donors (Lipinski definition) is 1. The Morgan fingerprint density at radius 1 is 1.07 bits per heavy atom. The Balaban J connectivity index is 1.73. The average Bonchev–Trinajstić information content (AvgIpc) is 3.27. The van der Waals surface area contributed by atoms with E-state index >= 15 is 0 Å². The van der Waals surface area contributed by atoms with Crippen LogP contribution in [-0.4, -0.2) is 27.0 Å². The minimum absolute atomic E-state index is 0.399. The number of rotatable bonds is 3. The fourth-order valence-corrected chi connectivity index (χ4v) is 4.06. The lowest BCUT2D eigenvalue weighted by Gasteiger charge is -2.04. The highest BCUT2D eigenvalue weighted by Gasteiger charge is 2.16. The number of anilines is 1. The van der Waals surface area contributed by atoms with Gasteiger partial charge in [0.1, 0.15) is 17.2 Å². The smallest absolute Gasteiger partial charge is 0.338 e. The quantitative estimate of drug-likeness (QED) is 0.465. The molecule has 6 nitrogen and oxygen atoms in total. The number of esters is 1. The lowest BCUT2D eigenvalue weighted by Crippen LogP contribution is -2.02. The number of imidazole rings is 1. The highest BCUT2D eigenvalue weighted by atomic mass is 16.5. The molecule has 0 radical (unpaired) electrons. The van der Waals surface area contributed by atoms with Crippen LogP contribution in [0.15, 0.2) is 60.8 Å². The molecule has 0 bridgehead atoms. The second kappa shape index (κ2) is 6.38. The number of pyridine rings is 1. The molecule has 2 aromatic carbocycles. The summed E-state index contributed by atoms with van der Waals surface area (Å²) in [5, 5.41) is 2.38. The van der Waals surface area contributed by atoms with Gasteiger partial charge in [-0.15, -0.1) is 0 Å². The van der Waals surface area contributed by atoms with E-state index in [4.69, 9.17) is 15.5 Å². The molecule has 0 spiro atoms.